The second-order valence-electron chi connectivity index (χ2n) is 12.5. The predicted octanol–water partition coefficient (Wildman–Crippen LogP) is 4.36. The van der Waals surface area contributed by atoms with Crippen LogP contribution in [-0.2, 0) is 36.4 Å². The van der Waals surface area contributed by atoms with Crippen molar-refractivity contribution >= 4 is 27.3 Å². The van der Waals surface area contributed by atoms with Gasteiger partial charge in [-0.15, -0.1) is 0 Å². The third-order valence-corrected chi connectivity index (χ3v) is 11.0. The molecule has 0 aromatic carbocycles. The Morgan fingerprint density at radius 1 is 0.778 bits per heavy atom. The molecule has 1 aliphatic heterocycles. The van der Waals surface area contributed by atoms with Crippen molar-refractivity contribution in [3.63, 3.8) is 0 Å². The Labute approximate surface area is 271 Å². The first kappa shape index (κ1) is 42.7. The standard InChI is InChI=1S/C30H60AsO13P/c1-4-5-6-7-8-9-10-11-12-13-14-15-16-17-18-27(34)40-20-24(32)22-42-45(38,39)43-23-25(33)21-41-30-29(36)28(35)26(44-30)19-31(2,3)37/h24-26,28-30,32-33,35-36H,4-23H2,1-3H3,(H,38,39). The van der Waals surface area contributed by atoms with E-state index >= 15 is 0 Å². The number of carbonyl (C=O) groups excluding carboxylic acids is 1. The molecule has 1 heterocycles. The van der Waals surface area contributed by atoms with E-state index in [1.807, 2.05) is 0 Å². The number of aliphatic hydroxyl groups is 4. The molecule has 0 radical (unpaired) electrons. The molecule has 0 aromatic rings. The maximum atomic E-state index is 12.1. The molecule has 13 nitrogen and oxygen atoms in total. The molecular formula is C30H60AsO13P. The third-order valence-electron chi connectivity index (χ3n) is 7.42. The summed E-state index contributed by atoms with van der Waals surface area (Å²) in [5.74, 6) is -0.464. The minimum atomic E-state index is -4.66. The van der Waals surface area contributed by atoms with E-state index in [-0.39, 0.29) is 11.6 Å². The fraction of sp³-hybridized carbons (Fsp3) is 0.967. The molecule has 0 saturated carbocycles. The summed E-state index contributed by atoms with van der Waals surface area (Å²) in [4.78, 5) is 21.7. The summed E-state index contributed by atoms with van der Waals surface area (Å²) in [5.41, 5.74) is 3.16. The number of esters is 1. The van der Waals surface area contributed by atoms with Gasteiger partial charge < -0.3 is 9.84 Å². The summed E-state index contributed by atoms with van der Waals surface area (Å²) in [6.07, 6.45) is 9.54. The van der Waals surface area contributed by atoms with E-state index in [1.165, 1.54) is 64.2 Å². The number of rotatable bonds is 28. The van der Waals surface area contributed by atoms with Crippen molar-refractivity contribution in [1.29, 1.82) is 0 Å². The van der Waals surface area contributed by atoms with Crippen molar-refractivity contribution in [2.75, 3.05) is 26.4 Å². The number of carbonyl (C=O) groups is 1. The molecule has 0 aromatic heterocycles. The van der Waals surface area contributed by atoms with E-state index in [0.717, 1.165) is 19.3 Å². The quantitative estimate of drug-likeness (QED) is 0.0329. The topological polar surface area (TPSA) is 199 Å². The first-order valence-electron chi connectivity index (χ1n) is 16.5. The number of ether oxygens (including phenoxy) is 3. The zero-order valence-corrected chi connectivity index (χ0v) is 30.3. The molecule has 7 atom stereocenters. The van der Waals surface area contributed by atoms with Gasteiger partial charge in [-0.3, -0.25) is 4.79 Å². The number of hydrogen-bond acceptors (Lipinski definition) is 12. The summed E-state index contributed by atoms with van der Waals surface area (Å²) < 4.78 is 49.2. The molecule has 5 N–H and O–H groups in total. The van der Waals surface area contributed by atoms with Crippen LogP contribution < -0.4 is 0 Å². The van der Waals surface area contributed by atoms with Gasteiger partial charge in [0, 0.05) is 6.42 Å². The first-order chi connectivity index (χ1) is 21.2. The van der Waals surface area contributed by atoms with Crippen molar-refractivity contribution in [2.24, 2.45) is 0 Å². The van der Waals surface area contributed by atoms with Crippen LogP contribution in [0.1, 0.15) is 103 Å². The molecule has 0 spiro atoms. The van der Waals surface area contributed by atoms with Crippen molar-refractivity contribution in [3.05, 3.63) is 0 Å². The second-order valence-corrected chi connectivity index (χ2v) is 21.3. The van der Waals surface area contributed by atoms with Crippen LogP contribution in [0, 0.1) is 0 Å². The van der Waals surface area contributed by atoms with E-state index in [1.54, 1.807) is 11.4 Å². The van der Waals surface area contributed by atoms with Crippen molar-refractivity contribution in [1.82, 2.24) is 0 Å². The van der Waals surface area contributed by atoms with Gasteiger partial charge in [-0.05, 0) is 6.42 Å². The normalized spacial score (nSPS) is 23.1. The predicted molar refractivity (Wildman–Crippen MR) is 169 cm³/mol. The van der Waals surface area contributed by atoms with Gasteiger partial charge in [0.2, 0.25) is 0 Å². The zero-order chi connectivity index (χ0) is 33.7. The van der Waals surface area contributed by atoms with Crippen molar-refractivity contribution < 1.29 is 61.7 Å². The van der Waals surface area contributed by atoms with Crippen molar-refractivity contribution in [3.8, 4) is 0 Å². The van der Waals surface area contributed by atoms with Crippen molar-refractivity contribution in [2.45, 2.75) is 157 Å². The van der Waals surface area contributed by atoms with Gasteiger partial charge in [-0.25, -0.2) is 0 Å². The molecule has 0 amide bonds. The summed E-state index contributed by atoms with van der Waals surface area (Å²) in [6, 6.07) is 0. The average Bonchev–Trinajstić information content (AvgIpc) is 3.23. The van der Waals surface area contributed by atoms with Gasteiger partial charge >= 0.3 is 141 Å². The summed E-state index contributed by atoms with van der Waals surface area (Å²) >= 11 is -3.17. The Morgan fingerprint density at radius 2 is 1.24 bits per heavy atom. The molecule has 15 heteroatoms. The van der Waals surface area contributed by atoms with Gasteiger partial charge in [0.25, 0.3) is 0 Å². The number of aliphatic hydroxyl groups excluding tert-OH is 4. The third kappa shape index (κ3) is 22.1. The molecule has 1 rings (SSSR count). The van der Waals surface area contributed by atoms with Crippen LogP contribution in [0.2, 0.25) is 16.6 Å². The Hall–Kier alpha value is -0.302. The molecular weight excluding hydrogens is 674 g/mol. The van der Waals surface area contributed by atoms with Crippen LogP contribution >= 0.6 is 7.82 Å². The SMILES string of the molecule is CCCCCCCCCCCCCCCCC(=O)OCC(O)COP(=O)(O)OCC(O)COC1OC(C[As](C)(C)=O)C(O)C1O. The minimum absolute atomic E-state index is 0.0948. The average molecular weight is 735 g/mol. The molecule has 268 valence electrons. The number of hydrogen-bond donors (Lipinski definition) is 5. The van der Waals surface area contributed by atoms with Crippen LogP contribution in [0.25, 0.3) is 0 Å². The van der Waals surface area contributed by atoms with Crippen LogP contribution in [0.3, 0.4) is 0 Å². The Kier molecular flexibility index (Phi) is 22.7. The van der Waals surface area contributed by atoms with E-state index in [9.17, 15) is 38.4 Å². The molecule has 0 aliphatic carbocycles. The first-order valence-corrected chi connectivity index (χ1v) is 23.9. The van der Waals surface area contributed by atoms with E-state index in [2.05, 4.69) is 6.92 Å². The van der Waals surface area contributed by atoms with Crippen LogP contribution in [0.4, 0.5) is 0 Å². The Morgan fingerprint density at radius 3 is 1.73 bits per heavy atom. The van der Waals surface area contributed by atoms with Gasteiger partial charge in [-0.2, -0.15) is 0 Å². The Bertz CT molecular complexity index is 873. The zero-order valence-electron chi connectivity index (χ0n) is 27.5. The van der Waals surface area contributed by atoms with Gasteiger partial charge in [0.1, 0.15) is 12.7 Å². The van der Waals surface area contributed by atoms with Crippen LogP contribution in [-0.4, -0.2) is 108 Å². The van der Waals surface area contributed by atoms with Gasteiger partial charge in [0.15, 0.2) is 0 Å². The fourth-order valence-corrected chi connectivity index (χ4v) is 8.11. The summed E-state index contributed by atoms with van der Waals surface area (Å²) in [7, 11) is -4.66. The molecule has 1 saturated heterocycles. The molecule has 7 unspecified atom stereocenters. The molecule has 0 bridgehead atoms. The monoisotopic (exact) mass is 734 g/mol. The van der Waals surface area contributed by atoms with Gasteiger partial charge in [0.05, 0.1) is 0 Å². The van der Waals surface area contributed by atoms with E-state index in [4.69, 9.17) is 23.3 Å². The van der Waals surface area contributed by atoms with Crippen LogP contribution in [0.15, 0.2) is 0 Å². The molecule has 45 heavy (non-hydrogen) atoms. The maximum absolute atomic E-state index is 12.1. The van der Waals surface area contributed by atoms with E-state index in [0.29, 0.717) is 6.42 Å². The van der Waals surface area contributed by atoms with Gasteiger partial charge in [-0.1, -0.05) is 90.4 Å². The molecule has 1 aliphatic rings. The molecule has 1 fully saturated rings. The number of phosphoric ester groups is 1. The van der Waals surface area contributed by atoms with E-state index < -0.39 is 90.5 Å². The number of phosphoric acid groups is 1. The summed E-state index contributed by atoms with van der Waals surface area (Å²) in [6.45, 7) is 0.0268. The fourth-order valence-electron chi connectivity index (χ4n) is 4.86. The summed E-state index contributed by atoms with van der Waals surface area (Å²) in [5, 5.41) is 40.2. The van der Waals surface area contributed by atoms with Crippen LogP contribution in [0.5, 0.6) is 0 Å². The Balaban J connectivity index is 2.07. The second kappa shape index (κ2) is 23.9. The number of unbranched alkanes of at least 4 members (excludes halogenated alkanes) is 13.